The van der Waals surface area contributed by atoms with Gasteiger partial charge in [0.25, 0.3) is 0 Å². The second-order valence-electron chi connectivity index (χ2n) is 4.73. The third-order valence-electron chi connectivity index (χ3n) is 3.47. The third-order valence-corrected chi connectivity index (χ3v) is 4.40. The van der Waals surface area contributed by atoms with Crippen LogP contribution in [0.1, 0.15) is 6.42 Å². The van der Waals surface area contributed by atoms with E-state index in [1.54, 1.807) is 22.3 Å². The van der Waals surface area contributed by atoms with Crippen molar-refractivity contribution < 1.29 is 4.79 Å². The minimum atomic E-state index is 0.200. The molecule has 0 atom stereocenters. The molecule has 7 heteroatoms. The second-order valence-corrected chi connectivity index (χ2v) is 5.65. The first-order valence-electron chi connectivity index (χ1n) is 6.71. The molecule has 0 N–H and O–H groups in total. The molecule has 6 nitrogen and oxygen atoms in total. The number of hydrogen-bond acceptors (Lipinski definition) is 5. The monoisotopic (exact) mass is 291 g/mol. The Morgan fingerprint density at radius 1 is 1.30 bits per heavy atom. The van der Waals surface area contributed by atoms with Gasteiger partial charge in [0.2, 0.25) is 5.91 Å². The highest BCUT2D eigenvalue weighted by Crippen LogP contribution is 2.22. The highest BCUT2D eigenvalue weighted by molar-refractivity contribution is 7.14. The summed E-state index contributed by atoms with van der Waals surface area (Å²) in [5.41, 5.74) is 0. The highest BCUT2D eigenvalue weighted by Gasteiger charge is 2.21. The van der Waals surface area contributed by atoms with E-state index in [0.29, 0.717) is 13.0 Å². The van der Waals surface area contributed by atoms with Gasteiger partial charge in [0, 0.05) is 32.6 Å². The summed E-state index contributed by atoms with van der Waals surface area (Å²) < 4.78 is 1.69. The molecule has 1 aliphatic rings. The van der Waals surface area contributed by atoms with Gasteiger partial charge in [0.15, 0.2) is 0 Å². The standard InChI is InChI=1S/C13H17N5OS/c19-12(3-4-18-11-14-10-15-18)16-5-7-17(8-6-16)13-2-1-9-20-13/h1-2,9-11H,3-8H2. The zero-order valence-electron chi connectivity index (χ0n) is 11.2. The number of aromatic nitrogens is 3. The van der Waals surface area contributed by atoms with Gasteiger partial charge in [-0.3, -0.25) is 9.48 Å². The number of rotatable bonds is 4. The van der Waals surface area contributed by atoms with Crippen LogP contribution in [0.4, 0.5) is 5.00 Å². The van der Waals surface area contributed by atoms with Crippen LogP contribution in [0.3, 0.4) is 0 Å². The van der Waals surface area contributed by atoms with Crippen LogP contribution in [0.5, 0.6) is 0 Å². The first-order chi connectivity index (χ1) is 9.83. The number of anilines is 1. The van der Waals surface area contributed by atoms with Crippen LogP contribution in [0, 0.1) is 0 Å². The van der Waals surface area contributed by atoms with Crippen LogP contribution in [-0.2, 0) is 11.3 Å². The first-order valence-corrected chi connectivity index (χ1v) is 7.59. The van der Waals surface area contributed by atoms with Gasteiger partial charge in [0.05, 0.1) is 11.5 Å². The molecular weight excluding hydrogens is 274 g/mol. The smallest absolute Gasteiger partial charge is 0.224 e. The summed E-state index contributed by atoms with van der Waals surface area (Å²) in [5, 5.41) is 7.39. The summed E-state index contributed by atoms with van der Waals surface area (Å²) in [4.78, 5) is 20.3. The molecule has 2 aromatic rings. The number of hydrogen-bond donors (Lipinski definition) is 0. The molecule has 0 radical (unpaired) electrons. The summed E-state index contributed by atoms with van der Waals surface area (Å²) in [6.07, 6.45) is 3.62. The van der Waals surface area contributed by atoms with Crippen molar-refractivity contribution in [2.75, 3.05) is 31.1 Å². The van der Waals surface area contributed by atoms with Crippen molar-refractivity contribution in [3.63, 3.8) is 0 Å². The quantitative estimate of drug-likeness (QED) is 0.846. The summed E-state index contributed by atoms with van der Waals surface area (Å²) in [7, 11) is 0. The Labute approximate surface area is 121 Å². The minimum absolute atomic E-state index is 0.200. The van der Waals surface area contributed by atoms with Crippen molar-refractivity contribution in [3.05, 3.63) is 30.2 Å². The van der Waals surface area contributed by atoms with Gasteiger partial charge in [-0.1, -0.05) is 0 Å². The van der Waals surface area contributed by atoms with E-state index in [9.17, 15) is 4.79 Å². The Hall–Kier alpha value is -1.89. The van der Waals surface area contributed by atoms with Gasteiger partial charge < -0.3 is 9.80 Å². The number of carbonyl (C=O) groups is 1. The van der Waals surface area contributed by atoms with E-state index in [1.807, 2.05) is 4.90 Å². The summed E-state index contributed by atoms with van der Waals surface area (Å²) in [5.74, 6) is 0.200. The molecule has 0 saturated carbocycles. The molecule has 1 saturated heterocycles. The van der Waals surface area contributed by atoms with Crippen molar-refractivity contribution in [2.24, 2.45) is 0 Å². The van der Waals surface area contributed by atoms with Crippen LogP contribution in [0.25, 0.3) is 0 Å². The second kappa shape index (κ2) is 6.04. The Morgan fingerprint density at radius 3 is 2.80 bits per heavy atom. The van der Waals surface area contributed by atoms with E-state index in [0.717, 1.165) is 26.2 Å². The van der Waals surface area contributed by atoms with Crippen LogP contribution in [0.15, 0.2) is 30.2 Å². The minimum Gasteiger partial charge on any atom is -0.360 e. The van der Waals surface area contributed by atoms with Gasteiger partial charge in [-0.25, -0.2) is 4.98 Å². The number of thiophene rings is 1. The fraction of sp³-hybridized carbons (Fsp3) is 0.462. The SMILES string of the molecule is O=C(CCn1cncn1)N1CCN(c2cccs2)CC1. The predicted octanol–water partition coefficient (Wildman–Crippen LogP) is 1.08. The fourth-order valence-electron chi connectivity index (χ4n) is 2.34. The zero-order valence-corrected chi connectivity index (χ0v) is 12.0. The Balaban J connectivity index is 1.46. The van der Waals surface area contributed by atoms with Crippen molar-refractivity contribution in [3.8, 4) is 0 Å². The van der Waals surface area contributed by atoms with E-state index in [-0.39, 0.29) is 5.91 Å². The molecule has 0 aliphatic carbocycles. The third kappa shape index (κ3) is 2.98. The van der Waals surface area contributed by atoms with Crippen molar-refractivity contribution in [2.45, 2.75) is 13.0 Å². The van der Waals surface area contributed by atoms with Crippen LogP contribution < -0.4 is 4.90 Å². The van der Waals surface area contributed by atoms with E-state index < -0.39 is 0 Å². The lowest BCUT2D eigenvalue weighted by atomic mass is 10.3. The molecule has 0 bridgehead atoms. The van der Waals surface area contributed by atoms with Gasteiger partial charge >= 0.3 is 0 Å². The van der Waals surface area contributed by atoms with Gasteiger partial charge in [-0.2, -0.15) is 5.10 Å². The predicted molar refractivity (Wildman–Crippen MR) is 77.8 cm³/mol. The average molecular weight is 291 g/mol. The van der Waals surface area contributed by atoms with E-state index in [4.69, 9.17) is 0 Å². The maximum absolute atomic E-state index is 12.1. The molecule has 3 rings (SSSR count). The summed E-state index contributed by atoms with van der Waals surface area (Å²) >= 11 is 1.75. The Kier molecular flexibility index (Phi) is 3.96. The molecule has 20 heavy (non-hydrogen) atoms. The normalized spacial score (nSPS) is 15.6. The maximum Gasteiger partial charge on any atom is 0.224 e. The van der Waals surface area contributed by atoms with Gasteiger partial charge in [-0.15, -0.1) is 11.3 Å². The van der Waals surface area contributed by atoms with Crippen LogP contribution in [0.2, 0.25) is 0 Å². The Bertz CT molecular complexity index is 531. The first kappa shape index (κ1) is 13.1. The van der Waals surface area contributed by atoms with Crippen molar-refractivity contribution in [1.82, 2.24) is 19.7 Å². The lowest BCUT2D eigenvalue weighted by Gasteiger charge is -2.35. The highest BCUT2D eigenvalue weighted by atomic mass is 32.1. The average Bonchev–Trinajstić information content (AvgIpc) is 3.18. The molecule has 3 heterocycles. The molecule has 106 valence electrons. The molecular formula is C13H17N5OS. The molecule has 1 aliphatic heterocycles. The molecule has 1 amide bonds. The number of carbonyl (C=O) groups excluding carboxylic acids is 1. The maximum atomic E-state index is 12.1. The van der Waals surface area contributed by atoms with Gasteiger partial charge in [-0.05, 0) is 17.5 Å². The van der Waals surface area contributed by atoms with Crippen molar-refractivity contribution in [1.29, 1.82) is 0 Å². The number of aryl methyl sites for hydroxylation is 1. The molecule has 0 spiro atoms. The van der Waals surface area contributed by atoms with E-state index in [2.05, 4.69) is 32.5 Å². The summed E-state index contributed by atoms with van der Waals surface area (Å²) in [6, 6.07) is 4.20. The number of amides is 1. The molecule has 2 aromatic heterocycles. The Morgan fingerprint density at radius 2 is 2.15 bits per heavy atom. The zero-order chi connectivity index (χ0) is 13.8. The summed E-state index contributed by atoms with van der Waals surface area (Å²) in [6.45, 7) is 4.03. The van der Waals surface area contributed by atoms with E-state index in [1.165, 1.54) is 11.3 Å². The topological polar surface area (TPSA) is 54.3 Å². The van der Waals surface area contributed by atoms with E-state index >= 15 is 0 Å². The lowest BCUT2D eigenvalue weighted by molar-refractivity contribution is -0.131. The van der Waals surface area contributed by atoms with Crippen molar-refractivity contribution >= 4 is 22.2 Å². The fourth-order valence-corrected chi connectivity index (χ4v) is 3.13. The largest absolute Gasteiger partial charge is 0.360 e. The van der Waals surface area contributed by atoms with Crippen LogP contribution >= 0.6 is 11.3 Å². The molecule has 0 aromatic carbocycles. The molecule has 1 fully saturated rings. The van der Waals surface area contributed by atoms with Gasteiger partial charge in [0.1, 0.15) is 12.7 Å². The van der Waals surface area contributed by atoms with Crippen LogP contribution in [-0.4, -0.2) is 51.8 Å². The lowest BCUT2D eigenvalue weighted by Crippen LogP contribution is -2.48. The number of nitrogens with zero attached hydrogens (tertiary/aromatic N) is 5. The molecule has 0 unspecified atom stereocenters. The number of piperazine rings is 1.